The van der Waals surface area contributed by atoms with Gasteiger partial charge in [-0.1, -0.05) is 120 Å². The van der Waals surface area contributed by atoms with Gasteiger partial charge in [0.1, 0.15) is 11.2 Å². The van der Waals surface area contributed by atoms with Gasteiger partial charge in [-0.2, -0.15) is 0 Å². The van der Waals surface area contributed by atoms with E-state index in [1.165, 1.54) is 87.4 Å². The van der Waals surface area contributed by atoms with Crippen LogP contribution < -0.4 is 20.6 Å². The minimum absolute atomic E-state index is 0.0512. The molecular formula is C49H37BN2OS. The lowest BCUT2D eigenvalue weighted by atomic mass is 9.42. The van der Waals surface area contributed by atoms with Crippen LogP contribution in [0.4, 0.5) is 28.4 Å². The number of fused-ring (bicyclic) bond motifs is 13. The van der Waals surface area contributed by atoms with Crippen LogP contribution in [-0.2, 0) is 10.8 Å². The molecule has 0 N–H and O–H groups in total. The second-order valence-corrected chi connectivity index (χ2v) is 18.0. The lowest BCUT2D eigenvalue weighted by Crippen LogP contribution is -2.62. The van der Waals surface area contributed by atoms with E-state index in [0.29, 0.717) is 0 Å². The molecule has 3 aliphatic heterocycles. The summed E-state index contributed by atoms with van der Waals surface area (Å²) in [7, 11) is 0. The average molecular weight is 713 g/mol. The van der Waals surface area contributed by atoms with Crippen LogP contribution in [0.1, 0.15) is 51.3 Å². The van der Waals surface area contributed by atoms with Gasteiger partial charge in [0.15, 0.2) is 0 Å². The van der Waals surface area contributed by atoms with Gasteiger partial charge in [0.25, 0.3) is 0 Å². The fourth-order valence-corrected chi connectivity index (χ4v) is 11.1. The van der Waals surface area contributed by atoms with E-state index in [2.05, 4.69) is 178 Å². The Bertz CT molecular complexity index is 3090. The molecule has 9 aromatic rings. The molecule has 0 saturated heterocycles. The first-order valence-electron chi connectivity index (χ1n) is 19.0. The molecule has 0 radical (unpaired) electrons. The van der Waals surface area contributed by atoms with Gasteiger partial charge in [0, 0.05) is 70.2 Å². The Labute approximate surface area is 319 Å². The predicted molar refractivity (Wildman–Crippen MR) is 231 cm³/mol. The van der Waals surface area contributed by atoms with E-state index in [1.54, 1.807) is 0 Å². The highest BCUT2D eigenvalue weighted by molar-refractivity contribution is 7.25. The van der Waals surface area contributed by atoms with E-state index in [0.717, 1.165) is 21.9 Å². The van der Waals surface area contributed by atoms with Crippen LogP contribution in [-0.4, -0.2) is 6.85 Å². The standard InChI is InChI=1S/C49H37BN2OS/c1-48(2,3)28-21-23-29(24-22-28)52-39-25-32-31-14-7-11-20-42(31)54-43(32)27-34(39)44-45-40(26-33-30-13-6-10-19-41(30)53-47(33)44)51-38-18-9-8-15-35(38)49(4,5)36-16-12-17-37(46(36)51)50(45)52/h6-27H,1-5H3. The number of para-hydroxylation sites is 3. The van der Waals surface area contributed by atoms with Crippen molar-refractivity contribution in [1.82, 2.24) is 0 Å². The monoisotopic (exact) mass is 712 g/mol. The molecule has 5 heteroatoms. The topological polar surface area (TPSA) is 19.6 Å². The molecule has 0 amide bonds. The molecular weight excluding hydrogens is 675 g/mol. The Morgan fingerprint density at radius 3 is 2.19 bits per heavy atom. The molecule has 3 nitrogen and oxygen atoms in total. The maximum Gasteiger partial charge on any atom is 0.333 e. The lowest BCUT2D eigenvalue weighted by molar-refractivity contribution is 0.590. The summed E-state index contributed by atoms with van der Waals surface area (Å²) in [6, 6.07) is 50.2. The minimum Gasteiger partial charge on any atom is -0.455 e. The normalized spacial score (nSPS) is 15.2. The van der Waals surface area contributed by atoms with Crippen LogP contribution in [0.3, 0.4) is 0 Å². The van der Waals surface area contributed by atoms with Gasteiger partial charge in [-0.15, -0.1) is 11.3 Å². The van der Waals surface area contributed by atoms with E-state index in [-0.39, 0.29) is 17.7 Å². The number of furan rings is 1. The van der Waals surface area contributed by atoms with Gasteiger partial charge in [0.2, 0.25) is 0 Å². The van der Waals surface area contributed by atoms with Crippen molar-refractivity contribution in [1.29, 1.82) is 0 Å². The molecule has 0 aliphatic carbocycles. The van der Waals surface area contributed by atoms with Crippen LogP contribution in [0.2, 0.25) is 0 Å². The van der Waals surface area contributed by atoms with Crippen LogP contribution >= 0.6 is 11.3 Å². The first kappa shape index (κ1) is 30.7. The molecule has 0 unspecified atom stereocenters. The van der Waals surface area contributed by atoms with Crippen LogP contribution in [0.5, 0.6) is 0 Å². The van der Waals surface area contributed by atoms with Gasteiger partial charge >= 0.3 is 6.85 Å². The number of rotatable bonds is 1. The molecule has 5 heterocycles. The summed E-state index contributed by atoms with van der Waals surface area (Å²) >= 11 is 1.88. The highest BCUT2D eigenvalue weighted by Gasteiger charge is 2.50. The van der Waals surface area contributed by atoms with Crippen LogP contribution in [0.15, 0.2) is 138 Å². The van der Waals surface area contributed by atoms with Crippen molar-refractivity contribution in [3.05, 3.63) is 150 Å². The summed E-state index contributed by atoms with van der Waals surface area (Å²) in [6.07, 6.45) is 0. The molecule has 0 bridgehead atoms. The van der Waals surface area contributed by atoms with Gasteiger partial charge in [-0.25, -0.2) is 0 Å². The van der Waals surface area contributed by atoms with Gasteiger partial charge in [-0.05, 0) is 81.6 Å². The SMILES string of the molecule is CC(C)(C)c1ccc(N2B3c4cccc5c4N(c4ccccc4C5(C)C)c4cc5c(oc6ccccc65)c(c43)-c3cc4sc5ccccc5c4cc32)cc1. The maximum atomic E-state index is 7.01. The van der Waals surface area contributed by atoms with Crippen molar-refractivity contribution in [3.8, 4) is 11.1 Å². The third-order valence-corrected chi connectivity index (χ3v) is 13.7. The Morgan fingerprint density at radius 2 is 1.35 bits per heavy atom. The maximum absolute atomic E-state index is 7.01. The molecule has 2 aromatic heterocycles. The number of thiophene rings is 1. The van der Waals surface area contributed by atoms with Crippen molar-refractivity contribution in [2.24, 2.45) is 0 Å². The van der Waals surface area contributed by atoms with Crippen molar-refractivity contribution < 1.29 is 4.42 Å². The summed E-state index contributed by atoms with van der Waals surface area (Å²) in [5.74, 6) is 0. The molecule has 0 spiro atoms. The summed E-state index contributed by atoms with van der Waals surface area (Å²) in [5, 5.41) is 4.92. The largest absolute Gasteiger partial charge is 0.455 e. The van der Waals surface area contributed by atoms with Crippen LogP contribution in [0, 0.1) is 0 Å². The summed E-state index contributed by atoms with van der Waals surface area (Å²) < 4.78 is 9.61. The van der Waals surface area contributed by atoms with Crippen molar-refractivity contribution in [2.45, 2.75) is 45.4 Å². The second-order valence-electron chi connectivity index (χ2n) is 16.9. The Hall–Kier alpha value is -5.78. The molecule has 0 atom stereocenters. The highest BCUT2D eigenvalue weighted by Crippen LogP contribution is 2.57. The van der Waals surface area contributed by atoms with E-state index in [1.807, 2.05) is 11.3 Å². The predicted octanol–water partition coefficient (Wildman–Crippen LogP) is 12.6. The molecule has 258 valence electrons. The third-order valence-electron chi connectivity index (χ3n) is 12.6. The smallest absolute Gasteiger partial charge is 0.333 e. The van der Waals surface area contributed by atoms with Gasteiger partial charge in [-0.3, -0.25) is 0 Å². The number of benzene rings is 7. The number of hydrogen-bond donors (Lipinski definition) is 0. The molecule has 3 aliphatic rings. The Balaban J connectivity index is 1.28. The number of anilines is 5. The van der Waals surface area contributed by atoms with E-state index < -0.39 is 0 Å². The van der Waals surface area contributed by atoms with Crippen LogP contribution in [0.25, 0.3) is 53.2 Å². The van der Waals surface area contributed by atoms with Gasteiger partial charge in [0.05, 0.1) is 5.69 Å². The quantitative estimate of drug-likeness (QED) is 0.158. The summed E-state index contributed by atoms with van der Waals surface area (Å²) in [6.45, 7) is 11.6. The molecule has 0 saturated carbocycles. The number of hydrogen-bond acceptors (Lipinski definition) is 4. The zero-order valence-electron chi connectivity index (χ0n) is 31.0. The molecule has 0 fully saturated rings. The minimum atomic E-state index is -0.182. The zero-order valence-corrected chi connectivity index (χ0v) is 31.8. The van der Waals surface area contributed by atoms with E-state index in [9.17, 15) is 0 Å². The molecule has 54 heavy (non-hydrogen) atoms. The molecule has 12 rings (SSSR count). The Morgan fingerprint density at radius 1 is 0.630 bits per heavy atom. The third kappa shape index (κ3) is 3.82. The first-order chi connectivity index (χ1) is 26.2. The zero-order chi connectivity index (χ0) is 36.2. The Kier molecular flexibility index (Phi) is 5.82. The van der Waals surface area contributed by atoms with Crippen molar-refractivity contribution in [2.75, 3.05) is 9.71 Å². The fraction of sp³-hybridized carbons (Fsp3) is 0.143. The van der Waals surface area contributed by atoms with E-state index >= 15 is 0 Å². The number of nitrogens with zero attached hydrogens (tertiary/aromatic N) is 2. The highest BCUT2D eigenvalue weighted by atomic mass is 32.1. The van der Waals surface area contributed by atoms with Crippen molar-refractivity contribution >= 4 is 99.7 Å². The fourth-order valence-electron chi connectivity index (χ4n) is 9.97. The average Bonchev–Trinajstić information content (AvgIpc) is 3.74. The van der Waals surface area contributed by atoms with Gasteiger partial charge < -0.3 is 14.1 Å². The second kappa shape index (κ2) is 10.2. The van der Waals surface area contributed by atoms with E-state index in [4.69, 9.17) is 4.42 Å². The van der Waals surface area contributed by atoms with Crippen molar-refractivity contribution in [3.63, 3.8) is 0 Å². The lowest BCUT2D eigenvalue weighted by Gasteiger charge is -2.50. The summed E-state index contributed by atoms with van der Waals surface area (Å²) in [5.41, 5.74) is 17.0. The first-order valence-corrected chi connectivity index (χ1v) is 19.9. The summed E-state index contributed by atoms with van der Waals surface area (Å²) in [4.78, 5) is 5.24. The molecule has 7 aromatic carbocycles.